The molecule has 3 rings (SSSR count). The van der Waals surface area contributed by atoms with Crippen molar-refractivity contribution in [1.29, 1.82) is 0 Å². The Hall–Kier alpha value is -4.00. The zero-order chi connectivity index (χ0) is 20.8. The molecule has 0 saturated carbocycles. The summed E-state index contributed by atoms with van der Waals surface area (Å²) in [5.41, 5.74) is 1.69. The first-order valence-corrected chi connectivity index (χ1v) is 8.63. The van der Waals surface area contributed by atoms with E-state index in [1.54, 1.807) is 36.4 Å². The Bertz CT molecular complexity index is 1060. The van der Waals surface area contributed by atoms with E-state index in [4.69, 9.17) is 0 Å². The lowest BCUT2D eigenvalue weighted by atomic mass is 10.1. The summed E-state index contributed by atoms with van der Waals surface area (Å²) >= 11 is 0. The van der Waals surface area contributed by atoms with Gasteiger partial charge in [0.2, 0.25) is 0 Å². The molecule has 2 amide bonds. The number of hydrogen-bond donors (Lipinski definition) is 2. The van der Waals surface area contributed by atoms with Crippen LogP contribution in [0.2, 0.25) is 0 Å². The largest absolute Gasteiger partial charge is 0.465 e. The van der Waals surface area contributed by atoms with Gasteiger partial charge < -0.3 is 15.4 Å². The highest BCUT2D eigenvalue weighted by molar-refractivity contribution is 6.09. The Morgan fingerprint density at radius 1 is 0.724 bits per heavy atom. The van der Waals surface area contributed by atoms with Crippen molar-refractivity contribution in [1.82, 2.24) is 0 Å². The van der Waals surface area contributed by atoms with Crippen molar-refractivity contribution in [2.45, 2.75) is 0 Å². The van der Waals surface area contributed by atoms with E-state index in [0.29, 0.717) is 16.9 Å². The minimum atomic E-state index is -0.513. The molecule has 0 aromatic heterocycles. The van der Waals surface area contributed by atoms with Gasteiger partial charge in [-0.15, -0.1) is 0 Å². The van der Waals surface area contributed by atoms with Crippen molar-refractivity contribution < 1.29 is 23.5 Å². The van der Waals surface area contributed by atoms with E-state index >= 15 is 0 Å². The molecular formula is C22H17FN2O4. The molecule has 0 radical (unpaired) electrons. The number of amides is 2. The number of carbonyl (C=O) groups excluding carboxylic acids is 3. The summed E-state index contributed by atoms with van der Waals surface area (Å²) in [6.45, 7) is 0. The number of methoxy groups -OCH3 is 1. The van der Waals surface area contributed by atoms with E-state index in [9.17, 15) is 18.8 Å². The fraction of sp³-hybridized carbons (Fsp3) is 0.0455. The normalized spacial score (nSPS) is 10.1. The summed E-state index contributed by atoms with van der Waals surface area (Å²) in [5.74, 6) is -1.79. The lowest BCUT2D eigenvalue weighted by molar-refractivity contribution is 0.0600. The quantitative estimate of drug-likeness (QED) is 0.640. The minimum absolute atomic E-state index is 0.264. The van der Waals surface area contributed by atoms with E-state index in [0.717, 1.165) is 0 Å². The summed E-state index contributed by atoms with van der Waals surface area (Å²) in [6.07, 6.45) is 0. The van der Waals surface area contributed by atoms with Gasteiger partial charge >= 0.3 is 5.97 Å². The third-order valence-corrected chi connectivity index (χ3v) is 4.03. The average molecular weight is 392 g/mol. The smallest absolute Gasteiger partial charge is 0.337 e. The van der Waals surface area contributed by atoms with E-state index in [-0.39, 0.29) is 11.1 Å². The molecule has 29 heavy (non-hydrogen) atoms. The van der Waals surface area contributed by atoms with Gasteiger partial charge in [-0.25, -0.2) is 9.18 Å². The molecule has 2 N–H and O–H groups in total. The molecule has 146 valence electrons. The van der Waals surface area contributed by atoms with Gasteiger partial charge in [-0.3, -0.25) is 9.59 Å². The van der Waals surface area contributed by atoms with Crippen LogP contribution in [-0.4, -0.2) is 24.9 Å². The fourth-order valence-electron chi connectivity index (χ4n) is 2.58. The van der Waals surface area contributed by atoms with Crippen molar-refractivity contribution in [3.05, 3.63) is 95.3 Å². The maximum Gasteiger partial charge on any atom is 0.337 e. The number of rotatable bonds is 5. The third kappa shape index (κ3) is 5.04. The molecule has 0 atom stereocenters. The van der Waals surface area contributed by atoms with Gasteiger partial charge in [0.05, 0.1) is 12.7 Å². The summed E-state index contributed by atoms with van der Waals surface area (Å²) in [4.78, 5) is 36.5. The number of esters is 1. The highest BCUT2D eigenvalue weighted by atomic mass is 19.1. The first kappa shape index (κ1) is 19.8. The number of anilines is 2. The molecule has 7 heteroatoms. The molecule has 3 aromatic rings. The maximum atomic E-state index is 13.0. The summed E-state index contributed by atoms with van der Waals surface area (Å²) in [7, 11) is 1.27. The summed E-state index contributed by atoms with van der Waals surface area (Å²) < 4.78 is 17.6. The van der Waals surface area contributed by atoms with Crippen molar-refractivity contribution in [2.75, 3.05) is 17.7 Å². The monoisotopic (exact) mass is 392 g/mol. The lowest BCUT2D eigenvalue weighted by Crippen LogP contribution is -2.16. The van der Waals surface area contributed by atoms with Gasteiger partial charge in [-0.2, -0.15) is 0 Å². The molecule has 0 aliphatic carbocycles. The highest BCUT2D eigenvalue weighted by Crippen LogP contribution is 2.15. The topological polar surface area (TPSA) is 84.5 Å². The second-order valence-electron chi connectivity index (χ2n) is 6.07. The van der Waals surface area contributed by atoms with Crippen molar-refractivity contribution in [2.24, 2.45) is 0 Å². The van der Waals surface area contributed by atoms with Crippen LogP contribution in [0, 0.1) is 5.82 Å². The van der Waals surface area contributed by atoms with Crippen molar-refractivity contribution >= 4 is 29.2 Å². The van der Waals surface area contributed by atoms with Crippen molar-refractivity contribution in [3.8, 4) is 0 Å². The van der Waals surface area contributed by atoms with Gasteiger partial charge in [-0.05, 0) is 60.7 Å². The molecule has 0 aliphatic heterocycles. The van der Waals surface area contributed by atoms with Gasteiger partial charge in [0.25, 0.3) is 11.8 Å². The number of halogens is 1. The average Bonchev–Trinajstić information content (AvgIpc) is 2.75. The van der Waals surface area contributed by atoms with Gasteiger partial charge in [0.1, 0.15) is 5.82 Å². The molecule has 0 unspecified atom stereocenters. The molecule has 0 spiro atoms. The van der Waals surface area contributed by atoms with E-state index < -0.39 is 23.6 Å². The van der Waals surface area contributed by atoms with Crippen molar-refractivity contribution in [3.63, 3.8) is 0 Å². The van der Waals surface area contributed by atoms with E-state index in [2.05, 4.69) is 15.4 Å². The second-order valence-corrected chi connectivity index (χ2v) is 6.07. The zero-order valence-corrected chi connectivity index (χ0v) is 15.4. The van der Waals surface area contributed by atoms with E-state index in [1.165, 1.54) is 43.5 Å². The van der Waals surface area contributed by atoms with Crippen LogP contribution in [0.4, 0.5) is 15.8 Å². The molecule has 0 heterocycles. The first-order valence-electron chi connectivity index (χ1n) is 8.63. The van der Waals surface area contributed by atoms with Crippen LogP contribution in [0.5, 0.6) is 0 Å². The van der Waals surface area contributed by atoms with Crippen LogP contribution in [-0.2, 0) is 4.74 Å². The minimum Gasteiger partial charge on any atom is -0.465 e. The number of hydrogen-bond acceptors (Lipinski definition) is 4. The van der Waals surface area contributed by atoms with Crippen LogP contribution in [0.3, 0.4) is 0 Å². The van der Waals surface area contributed by atoms with Crippen LogP contribution in [0.25, 0.3) is 0 Å². The van der Waals surface area contributed by atoms with E-state index in [1.807, 2.05) is 0 Å². The third-order valence-electron chi connectivity index (χ3n) is 4.03. The predicted octanol–water partition coefficient (Wildman–Crippen LogP) is 4.12. The molecular weight excluding hydrogens is 375 g/mol. The first-order chi connectivity index (χ1) is 14.0. The van der Waals surface area contributed by atoms with Crippen LogP contribution < -0.4 is 10.6 Å². The van der Waals surface area contributed by atoms with Gasteiger partial charge in [-0.1, -0.05) is 12.1 Å². The molecule has 3 aromatic carbocycles. The Kier molecular flexibility index (Phi) is 5.99. The Morgan fingerprint density at radius 3 is 1.90 bits per heavy atom. The van der Waals surface area contributed by atoms with Gasteiger partial charge in [0.15, 0.2) is 0 Å². The molecule has 0 aliphatic rings. The Morgan fingerprint density at radius 2 is 1.28 bits per heavy atom. The number of carbonyl (C=O) groups is 3. The highest BCUT2D eigenvalue weighted by Gasteiger charge is 2.12. The van der Waals surface area contributed by atoms with Crippen LogP contribution >= 0.6 is 0 Å². The van der Waals surface area contributed by atoms with Crippen LogP contribution in [0.1, 0.15) is 31.1 Å². The number of benzene rings is 3. The van der Waals surface area contributed by atoms with Crippen LogP contribution in [0.15, 0.2) is 72.8 Å². The second kappa shape index (κ2) is 8.79. The Balaban J connectivity index is 1.73. The molecule has 0 saturated heterocycles. The Labute approximate surface area is 166 Å². The van der Waals surface area contributed by atoms with Gasteiger partial charge in [0, 0.05) is 22.5 Å². The molecule has 0 fully saturated rings. The molecule has 6 nitrogen and oxygen atoms in total. The standard InChI is InChI=1S/C22H17FN2O4/c1-29-22(28)16-6-3-7-19(13-16)25-21(27)15-5-2-4-14(12-15)20(26)24-18-10-8-17(23)9-11-18/h2-13H,1H3,(H,24,26)(H,25,27). The number of nitrogens with one attached hydrogen (secondary N) is 2. The lowest BCUT2D eigenvalue weighted by Gasteiger charge is -2.09. The maximum absolute atomic E-state index is 13.0. The predicted molar refractivity (Wildman–Crippen MR) is 107 cm³/mol. The number of ether oxygens (including phenoxy) is 1. The SMILES string of the molecule is COC(=O)c1cccc(NC(=O)c2cccc(C(=O)Nc3ccc(F)cc3)c2)c1. The fourth-order valence-corrected chi connectivity index (χ4v) is 2.58. The summed E-state index contributed by atoms with van der Waals surface area (Å²) in [6, 6.07) is 17.8. The zero-order valence-electron chi connectivity index (χ0n) is 15.4. The molecule has 0 bridgehead atoms. The summed E-state index contributed by atoms with van der Waals surface area (Å²) in [5, 5.41) is 5.32.